The van der Waals surface area contributed by atoms with Gasteiger partial charge < -0.3 is 0 Å². The van der Waals surface area contributed by atoms with Crippen molar-refractivity contribution in [1.82, 2.24) is 0 Å². The van der Waals surface area contributed by atoms with E-state index < -0.39 is 0 Å². The summed E-state index contributed by atoms with van der Waals surface area (Å²) >= 11 is 0. The van der Waals surface area contributed by atoms with Gasteiger partial charge in [-0.1, -0.05) is 43.7 Å². The van der Waals surface area contributed by atoms with Crippen molar-refractivity contribution in [3.05, 3.63) is 36.5 Å². The van der Waals surface area contributed by atoms with Crippen molar-refractivity contribution in [2.45, 2.75) is 20.8 Å². The Kier molecular flexibility index (Phi) is 2.03. The molecule has 1 aliphatic carbocycles. The first-order chi connectivity index (χ1) is 5.06. The maximum Gasteiger partial charge on any atom is 0.00331 e. The van der Waals surface area contributed by atoms with Gasteiger partial charge in [-0.05, 0) is 12.3 Å². The van der Waals surface area contributed by atoms with Crippen molar-refractivity contribution in [2.24, 2.45) is 11.3 Å². The lowest BCUT2D eigenvalue weighted by molar-refractivity contribution is 0.395. The van der Waals surface area contributed by atoms with Crippen molar-refractivity contribution in [3.63, 3.8) is 0 Å². The Morgan fingerprint density at radius 2 is 2.18 bits per heavy atom. The molecule has 11 heavy (non-hydrogen) atoms. The van der Waals surface area contributed by atoms with Crippen LogP contribution in [0, 0.1) is 11.3 Å². The first kappa shape index (κ1) is 8.32. The smallest absolute Gasteiger partial charge is 0.00331 e. The minimum Gasteiger partial charge on any atom is -0.102 e. The highest BCUT2D eigenvalue weighted by atomic mass is 14.3. The fourth-order valence-electron chi connectivity index (χ4n) is 1.62. The fourth-order valence-corrected chi connectivity index (χ4v) is 1.62. The third kappa shape index (κ3) is 1.62. The van der Waals surface area contributed by atoms with E-state index in [1.165, 1.54) is 5.57 Å². The second kappa shape index (κ2) is 2.69. The van der Waals surface area contributed by atoms with Crippen LogP contribution in [-0.4, -0.2) is 0 Å². The Morgan fingerprint density at radius 1 is 1.55 bits per heavy atom. The Bertz CT molecular complexity index is 216. The fraction of sp³-hybridized carbons (Fsp3) is 0.455. The van der Waals surface area contributed by atoms with Gasteiger partial charge in [-0.2, -0.15) is 0 Å². The summed E-state index contributed by atoms with van der Waals surface area (Å²) < 4.78 is 0. The molecule has 0 aromatic carbocycles. The molecule has 1 atom stereocenters. The largest absolute Gasteiger partial charge is 0.102 e. The van der Waals surface area contributed by atoms with E-state index in [1.54, 1.807) is 0 Å². The lowest BCUT2D eigenvalue weighted by Gasteiger charge is -2.30. The van der Waals surface area contributed by atoms with E-state index in [1.807, 2.05) is 6.08 Å². The number of hydrogen-bond acceptors (Lipinski definition) is 0. The topological polar surface area (TPSA) is 0 Å². The molecule has 0 radical (unpaired) electrons. The molecule has 0 saturated carbocycles. The standard InChI is InChI=1S/C11H16/c1-5-10-7-6-9(2)8-11(10,3)4/h5-8,10H,1H2,2-4H3. The quantitative estimate of drug-likeness (QED) is 0.500. The van der Waals surface area contributed by atoms with Gasteiger partial charge in [-0.25, -0.2) is 0 Å². The zero-order valence-corrected chi connectivity index (χ0v) is 7.59. The Hall–Kier alpha value is -0.780. The number of allylic oxidation sites excluding steroid dienone is 5. The van der Waals surface area contributed by atoms with Crippen molar-refractivity contribution in [3.8, 4) is 0 Å². The molecule has 0 amide bonds. The normalized spacial score (nSPS) is 27.9. The summed E-state index contributed by atoms with van der Waals surface area (Å²) in [5, 5.41) is 0. The summed E-state index contributed by atoms with van der Waals surface area (Å²) in [5.74, 6) is 0.492. The summed E-state index contributed by atoms with van der Waals surface area (Å²) in [5.41, 5.74) is 1.61. The van der Waals surface area contributed by atoms with Gasteiger partial charge in [0.25, 0.3) is 0 Å². The molecule has 0 heterocycles. The molecule has 0 fully saturated rings. The van der Waals surface area contributed by atoms with Gasteiger partial charge in [0.1, 0.15) is 0 Å². The summed E-state index contributed by atoms with van der Waals surface area (Å²) in [6.45, 7) is 10.4. The molecule has 0 bridgehead atoms. The van der Waals surface area contributed by atoms with Crippen LogP contribution in [0.2, 0.25) is 0 Å². The molecule has 1 rings (SSSR count). The minimum absolute atomic E-state index is 0.251. The van der Waals surface area contributed by atoms with Crippen LogP contribution < -0.4 is 0 Å². The average molecular weight is 148 g/mol. The lowest BCUT2D eigenvalue weighted by atomic mass is 9.75. The van der Waals surface area contributed by atoms with Gasteiger partial charge >= 0.3 is 0 Å². The monoisotopic (exact) mass is 148 g/mol. The van der Waals surface area contributed by atoms with E-state index in [-0.39, 0.29) is 5.41 Å². The second-order valence-electron chi connectivity index (χ2n) is 3.83. The predicted octanol–water partition coefficient (Wildman–Crippen LogP) is 3.33. The van der Waals surface area contributed by atoms with E-state index in [0.717, 1.165) is 0 Å². The molecule has 0 spiro atoms. The van der Waals surface area contributed by atoms with E-state index in [4.69, 9.17) is 0 Å². The van der Waals surface area contributed by atoms with Crippen LogP contribution in [0.15, 0.2) is 36.5 Å². The van der Waals surface area contributed by atoms with Crippen LogP contribution in [0.1, 0.15) is 20.8 Å². The first-order valence-corrected chi connectivity index (χ1v) is 4.06. The van der Waals surface area contributed by atoms with Crippen molar-refractivity contribution >= 4 is 0 Å². The van der Waals surface area contributed by atoms with E-state index in [0.29, 0.717) is 5.92 Å². The second-order valence-corrected chi connectivity index (χ2v) is 3.83. The summed E-state index contributed by atoms with van der Waals surface area (Å²) in [7, 11) is 0. The van der Waals surface area contributed by atoms with Gasteiger partial charge in [-0.3, -0.25) is 0 Å². The minimum atomic E-state index is 0.251. The third-order valence-corrected chi connectivity index (χ3v) is 2.28. The zero-order valence-electron chi connectivity index (χ0n) is 7.59. The van der Waals surface area contributed by atoms with Gasteiger partial charge in [0, 0.05) is 5.92 Å². The molecule has 0 aromatic rings. The van der Waals surface area contributed by atoms with Crippen LogP contribution in [0.25, 0.3) is 0 Å². The molecule has 0 heteroatoms. The third-order valence-electron chi connectivity index (χ3n) is 2.28. The Labute approximate surface area is 69.3 Å². The van der Waals surface area contributed by atoms with Gasteiger partial charge in [-0.15, -0.1) is 6.58 Å². The predicted molar refractivity (Wildman–Crippen MR) is 50.4 cm³/mol. The van der Waals surface area contributed by atoms with Gasteiger partial charge in [0.2, 0.25) is 0 Å². The molecule has 60 valence electrons. The summed E-state index contributed by atoms with van der Waals surface area (Å²) in [4.78, 5) is 0. The molecule has 1 aliphatic rings. The summed E-state index contributed by atoms with van der Waals surface area (Å²) in [6.07, 6.45) is 8.71. The molecule has 0 N–H and O–H groups in total. The Balaban J connectivity index is 2.92. The molecule has 0 aliphatic heterocycles. The molecule has 1 unspecified atom stereocenters. The maximum atomic E-state index is 3.82. The van der Waals surface area contributed by atoms with Gasteiger partial charge in [0.05, 0.1) is 0 Å². The van der Waals surface area contributed by atoms with Crippen molar-refractivity contribution in [2.75, 3.05) is 0 Å². The van der Waals surface area contributed by atoms with Crippen molar-refractivity contribution in [1.29, 1.82) is 0 Å². The van der Waals surface area contributed by atoms with E-state index in [9.17, 15) is 0 Å². The highest BCUT2D eigenvalue weighted by Gasteiger charge is 2.24. The number of rotatable bonds is 1. The van der Waals surface area contributed by atoms with Crippen LogP contribution in [0.4, 0.5) is 0 Å². The average Bonchev–Trinajstić information content (AvgIpc) is 1.85. The molecule has 0 aromatic heterocycles. The van der Waals surface area contributed by atoms with E-state index in [2.05, 4.69) is 45.6 Å². The van der Waals surface area contributed by atoms with E-state index >= 15 is 0 Å². The van der Waals surface area contributed by atoms with Crippen LogP contribution in [-0.2, 0) is 0 Å². The first-order valence-electron chi connectivity index (χ1n) is 4.06. The maximum absolute atomic E-state index is 3.82. The van der Waals surface area contributed by atoms with Crippen LogP contribution in [0.3, 0.4) is 0 Å². The molecule has 0 nitrogen and oxygen atoms in total. The highest BCUT2D eigenvalue weighted by molar-refractivity contribution is 5.28. The Morgan fingerprint density at radius 3 is 2.64 bits per heavy atom. The molecular weight excluding hydrogens is 132 g/mol. The summed E-state index contributed by atoms with van der Waals surface area (Å²) in [6, 6.07) is 0. The zero-order chi connectivity index (χ0) is 8.48. The van der Waals surface area contributed by atoms with Gasteiger partial charge in [0.15, 0.2) is 0 Å². The molecular formula is C11H16. The van der Waals surface area contributed by atoms with Crippen LogP contribution in [0.5, 0.6) is 0 Å². The van der Waals surface area contributed by atoms with Crippen molar-refractivity contribution < 1.29 is 0 Å². The molecule has 0 saturated heterocycles. The highest BCUT2D eigenvalue weighted by Crippen LogP contribution is 2.34. The van der Waals surface area contributed by atoms with Crippen LogP contribution >= 0.6 is 0 Å². The number of hydrogen-bond donors (Lipinski definition) is 0. The SMILES string of the molecule is C=CC1C=CC(C)=CC1(C)C. The lowest BCUT2D eigenvalue weighted by Crippen LogP contribution is -2.20.